The van der Waals surface area contributed by atoms with Crippen LogP contribution in [0.1, 0.15) is 0 Å². The number of ether oxygens (including phenoxy) is 1. The van der Waals surface area contributed by atoms with Crippen LogP contribution < -0.4 is 0 Å². The Balaban J connectivity index is 2.65. The predicted octanol–water partition coefficient (Wildman–Crippen LogP) is 0.811. The molecule has 1 saturated heterocycles. The second-order valence-electron chi connectivity index (χ2n) is 3.25. The van der Waals surface area contributed by atoms with Gasteiger partial charge in [-0.15, -0.1) is 0 Å². The maximum atomic E-state index is 11.4. The Kier molecular flexibility index (Phi) is 3.62. The van der Waals surface area contributed by atoms with Gasteiger partial charge in [0.15, 0.2) is 5.54 Å². The molecule has 0 spiro atoms. The van der Waals surface area contributed by atoms with Gasteiger partial charge in [0, 0.05) is 18.6 Å². The smallest absolute Gasteiger partial charge is 0.410 e. The molecule has 1 N–H and O–H groups in total. The van der Waals surface area contributed by atoms with Crippen molar-refractivity contribution >= 4 is 23.8 Å². The molecule has 0 bridgehead atoms. The van der Waals surface area contributed by atoms with Crippen LogP contribution in [-0.4, -0.2) is 52.8 Å². The first-order chi connectivity index (χ1) is 7.04. The highest BCUT2D eigenvalue weighted by atomic mass is 32.2. The van der Waals surface area contributed by atoms with Gasteiger partial charge in [-0.05, 0) is 0 Å². The number of aliphatic carboxylic acids is 1. The Labute approximate surface area is 92.1 Å². The fourth-order valence-corrected chi connectivity index (χ4v) is 2.38. The van der Waals surface area contributed by atoms with E-state index in [0.29, 0.717) is 11.5 Å². The standard InChI is InChI=1S/C9H13NO4S/c1-3-4-14-8(13)10(2)9(7(11)12)5-15-6-9/h3H,1,4-6H2,2H3,(H,11,12). The average Bonchev–Trinajstić information content (AvgIpc) is 2.11. The first-order valence-electron chi connectivity index (χ1n) is 4.37. The summed E-state index contributed by atoms with van der Waals surface area (Å²) in [6, 6.07) is 0. The van der Waals surface area contributed by atoms with Crippen LogP contribution in [0.25, 0.3) is 0 Å². The van der Waals surface area contributed by atoms with Gasteiger partial charge in [0.25, 0.3) is 0 Å². The van der Waals surface area contributed by atoms with Gasteiger partial charge in [0.05, 0.1) is 0 Å². The van der Waals surface area contributed by atoms with Crippen molar-refractivity contribution in [1.82, 2.24) is 4.90 Å². The fourth-order valence-electron chi connectivity index (χ4n) is 1.16. The summed E-state index contributed by atoms with van der Waals surface area (Å²) in [5, 5.41) is 9.05. The van der Waals surface area contributed by atoms with Gasteiger partial charge in [-0.3, -0.25) is 4.90 Å². The largest absolute Gasteiger partial charge is 0.479 e. The van der Waals surface area contributed by atoms with Gasteiger partial charge < -0.3 is 9.84 Å². The summed E-state index contributed by atoms with van der Waals surface area (Å²) in [5.41, 5.74) is -1.09. The molecule has 15 heavy (non-hydrogen) atoms. The molecule has 0 unspecified atom stereocenters. The number of likely N-dealkylation sites (N-methyl/N-ethyl adjacent to an activating group) is 1. The van der Waals surface area contributed by atoms with E-state index in [9.17, 15) is 9.59 Å². The summed E-state index contributed by atoms with van der Waals surface area (Å²) in [4.78, 5) is 23.6. The van der Waals surface area contributed by atoms with Gasteiger partial charge in [0.1, 0.15) is 6.61 Å². The number of thioether (sulfide) groups is 1. The van der Waals surface area contributed by atoms with E-state index in [-0.39, 0.29) is 6.61 Å². The number of carbonyl (C=O) groups excluding carboxylic acids is 1. The van der Waals surface area contributed by atoms with Gasteiger partial charge in [0.2, 0.25) is 0 Å². The van der Waals surface area contributed by atoms with Crippen LogP contribution in [-0.2, 0) is 9.53 Å². The van der Waals surface area contributed by atoms with E-state index in [1.807, 2.05) is 0 Å². The van der Waals surface area contributed by atoms with E-state index >= 15 is 0 Å². The van der Waals surface area contributed by atoms with Crippen LogP contribution in [0.4, 0.5) is 4.79 Å². The molecule has 0 aromatic heterocycles. The van der Waals surface area contributed by atoms with E-state index in [1.54, 1.807) is 0 Å². The van der Waals surface area contributed by atoms with Gasteiger partial charge in [-0.1, -0.05) is 12.7 Å². The third kappa shape index (κ3) is 2.09. The maximum absolute atomic E-state index is 11.4. The van der Waals surface area contributed by atoms with Crippen LogP contribution in [0.3, 0.4) is 0 Å². The molecular weight excluding hydrogens is 218 g/mol. The lowest BCUT2D eigenvalue weighted by Gasteiger charge is -2.43. The molecule has 1 fully saturated rings. The van der Waals surface area contributed by atoms with Gasteiger partial charge in [-0.25, -0.2) is 9.59 Å². The molecule has 0 aliphatic carbocycles. The van der Waals surface area contributed by atoms with E-state index in [1.165, 1.54) is 24.9 Å². The van der Waals surface area contributed by atoms with Crippen LogP contribution in [0.15, 0.2) is 12.7 Å². The zero-order valence-electron chi connectivity index (χ0n) is 8.43. The molecule has 84 valence electrons. The Morgan fingerprint density at radius 1 is 1.67 bits per heavy atom. The number of carboxylic acid groups (broad SMARTS) is 1. The average molecular weight is 231 g/mol. The monoisotopic (exact) mass is 231 g/mol. The maximum Gasteiger partial charge on any atom is 0.410 e. The molecular formula is C9H13NO4S. The van der Waals surface area contributed by atoms with E-state index < -0.39 is 17.6 Å². The molecule has 0 saturated carbocycles. The number of hydrogen-bond donors (Lipinski definition) is 1. The molecule has 1 aliphatic rings. The molecule has 0 atom stereocenters. The van der Waals surface area contributed by atoms with E-state index in [4.69, 9.17) is 9.84 Å². The molecule has 1 heterocycles. The van der Waals surface area contributed by atoms with Crippen molar-refractivity contribution in [1.29, 1.82) is 0 Å². The Bertz CT molecular complexity index is 288. The third-order valence-electron chi connectivity index (χ3n) is 2.32. The predicted molar refractivity (Wildman–Crippen MR) is 57.0 cm³/mol. The second-order valence-corrected chi connectivity index (χ2v) is 4.24. The van der Waals surface area contributed by atoms with Crippen molar-refractivity contribution in [3.05, 3.63) is 12.7 Å². The summed E-state index contributed by atoms with van der Waals surface area (Å²) < 4.78 is 4.78. The lowest BCUT2D eigenvalue weighted by Crippen LogP contribution is -2.63. The molecule has 0 aromatic rings. The Morgan fingerprint density at radius 2 is 2.27 bits per heavy atom. The SMILES string of the molecule is C=CCOC(=O)N(C)C1(C(=O)O)CSC1. The zero-order valence-corrected chi connectivity index (χ0v) is 9.25. The molecule has 0 radical (unpaired) electrons. The molecule has 1 rings (SSSR count). The van der Waals surface area contributed by atoms with Crippen LogP contribution in [0.5, 0.6) is 0 Å². The minimum absolute atomic E-state index is 0.0893. The van der Waals surface area contributed by atoms with E-state index in [0.717, 1.165) is 4.90 Å². The minimum atomic E-state index is -1.09. The quantitative estimate of drug-likeness (QED) is 0.725. The summed E-state index contributed by atoms with van der Waals surface area (Å²) in [6.45, 7) is 3.50. The van der Waals surface area contributed by atoms with E-state index in [2.05, 4.69) is 6.58 Å². The van der Waals surface area contributed by atoms with Gasteiger partial charge in [-0.2, -0.15) is 11.8 Å². The highest BCUT2D eigenvalue weighted by molar-refractivity contribution is 8.01. The first-order valence-corrected chi connectivity index (χ1v) is 5.52. The summed E-state index contributed by atoms with van der Waals surface area (Å²) in [5.74, 6) is -0.177. The minimum Gasteiger partial charge on any atom is -0.479 e. The zero-order chi connectivity index (χ0) is 11.5. The van der Waals surface area contributed by atoms with Crippen molar-refractivity contribution in [3.8, 4) is 0 Å². The van der Waals surface area contributed by atoms with Crippen LogP contribution in [0, 0.1) is 0 Å². The third-order valence-corrected chi connectivity index (χ3v) is 3.68. The van der Waals surface area contributed by atoms with Gasteiger partial charge >= 0.3 is 12.1 Å². The van der Waals surface area contributed by atoms with Crippen molar-refractivity contribution in [3.63, 3.8) is 0 Å². The highest BCUT2D eigenvalue weighted by Crippen LogP contribution is 2.34. The number of carbonyl (C=O) groups is 2. The lowest BCUT2D eigenvalue weighted by molar-refractivity contribution is -0.147. The van der Waals surface area contributed by atoms with Crippen LogP contribution >= 0.6 is 11.8 Å². The Hall–Kier alpha value is -1.17. The topological polar surface area (TPSA) is 66.8 Å². The van der Waals surface area contributed by atoms with Crippen molar-refractivity contribution < 1.29 is 19.4 Å². The highest BCUT2D eigenvalue weighted by Gasteiger charge is 2.51. The lowest BCUT2D eigenvalue weighted by atomic mass is 10.0. The molecule has 5 nitrogen and oxygen atoms in total. The molecule has 1 amide bonds. The summed E-state index contributed by atoms with van der Waals surface area (Å²) >= 11 is 1.49. The molecule has 1 aliphatic heterocycles. The summed E-state index contributed by atoms with van der Waals surface area (Å²) in [6.07, 6.45) is 0.812. The Morgan fingerprint density at radius 3 is 2.60 bits per heavy atom. The molecule has 0 aromatic carbocycles. The number of amides is 1. The normalized spacial score (nSPS) is 17.4. The fraction of sp³-hybridized carbons (Fsp3) is 0.556. The van der Waals surface area contributed by atoms with Crippen molar-refractivity contribution in [2.75, 3.05) is 25.2 Å². The van der Waals surface area contributed by atoms with Crippen molar-refractivity contribution in [2.24, 2.45) is 0 Å². The number of carboxylic acids is 1. The van der Waals surface area contributed by atoms with Crippen molar-refractivity contribution in [2.45, 2.75) is 5.54 Å². The second kappa shape index (κ2) is 4.57. The molecule has 6 heteroatoms. The summed E-state index contributed by atoms with van der Waals surface area (Å²) in [7, 11) is 1.44. The van der Waals surface area contributed by atoms with Crippen LogP contribution in [0.2, 0.25) is 0 Å². The number of nitrogens with zero attached hydrogens (tertiary/aromatic N) is 1. The number of rotatable bonds is 4. The number of hydrogen-bond acceptors (Lipinski definition) is 4. The first kappa shape index (κ1) is 11.9.